The minimum Gasteiger partial charge on any atom is -0.456 e. The van der Waals surface area contributed by atoms with Crippen LogP contribution in [-0.4, -0.2) is 0 Å². The van der Waals surface area contributed by atoms with E-state index in [-0.39, 0.29) is 0 Å². The predicted octanol–water partition coefficient (Wildman–Crippen LogP) is 17.1. The van der Waals surface area contributed by atoms with Gasteiger partial charge in [-0.25, -0.2) is 0 Å². The Morgan fingerprint density at radius 1 is 0.328 bits per heavy atom. The van der Waals surface area contributed by atoms with Crippen molar-refractivity contribution in [1.82, 2.24) is 0 Å². The summed E-state index contributed by atoms with van der Waals surface area (Å²) in [6, 6.07) is 86.7. The van der Waals surface area contributed by atoms with Crippen LogP contribution < -0.4 is 4.90 Å². The van der Waals surface area contributed by atoms with Crippen LogP contribution in [0.15, 0.2) is 241 Å². The molecule has 2 nitrogen and oxygen atoms in total. The Morgan fingerprint density at radius 3 is 1.62 bits per heavy atom. The molecule has 0 atom stereocenters. The quantitative estimate of drug-likeness (QED) is 0.159. The third kappa shape index (κ3) is 5.64. The van der Waals surface area contributed by atoms with Gasteiger partial charge in [0.05, 0.1) is 5.41 Å². The minimum atomic E-state index is -0.454. The Bertz CT molecular complexity index is 3670. The zero-order valence-corrected chi connectivity index (χ0v) is 35.6. The van der Waals surface area contributed by atoms with Crippen LogP contribution in [0, 0.1) is 0 Å². The smallest absolute Gasteiger partial charge is 0.135 e. The van der Waals surface area contributed by atoms with E-state index in [0.717, 1.165) is 39.0 Å². The Balaban J connectivity index is 0.930. The standard InChI is InChI=1S/C61H39NOS/c1-3-13-44(14-4-1)61(45-15-5-2-6-16-45)55-20-10-7-17-49(55)52-38-47(32-34-56(52)61)62(48-33-36-60-54(39-48)51-19-9-12-22-59(51)64-60)46-30-27-41(28-31-46)40-23-25-42(26-24-40)43-29-35-58-53(37-43)50-18-8-11-21-57(50)63-58/h1-39H. The number of hydrogen-bond donors (Lipinski definition) is 0. The highest BCUT2D eigenvalue weighted by atomic mass is 32.1. The first-order valence-corrected chi connectivity index (χ1v) is 22.7. The molecule has 13 rings (SSSR count). The molecule has 300 valence electrons. The highest BCUT2D eigenvalue weighted by molar-refractivity contribution is 7.25. The molecule has 0 bridgehead atoms. The van der Waals surface area contributed by atoms with Crippen LogP contribution in [0.4, 0.5) is 17.1 Å². The van der Waals surface area contributed by atoms with E-state index in [0.29, 0.717) is 0 Å². The molecule has 0 fully saturated rings. The van der Waals surface area contributed by atoms with Crippen molar-refractivity contribution in [2.45, 2.75) is 5.41 Å². The lowest BCUT2D eigenvalue weighted by atomic mass is 9.68. The van der Waals surface area contributed by atoms with Crippen molar-refractivity contribution in [1.29, 1.82) is 0 Å². The normalized spacial score (nSPS) is 12.8. The summed E-state index contributed by atoms with van der Waals surface area (Å²) in [7, 11) is 0. The number of furan rings is 1. The van der Waals surface area contributed by atoms with Gasteiger partial charge in [-0.1, -0.05) is 170 Å². The highest BCUT2D eigenvalue weighted by Gasteiger charge is 2.46. The van der Waals surface area contributed by atoms with Crippen LogP contribution in [0.2, 0.25) is 0 Å². The number of rotatable bonds is 7. The lowest BCUT2D eigenvalue weighted by molar-refractivity contribution is 0.669. The largest absolute Gasteiger partial charge is 0.456 e. The van der Waals surface area contributed by atoms with Gasteiger partial charge < -0.3 is 9.32 Å². The third-order valence-electron chi connectivity index (χ3n) is 13.4. The maximum absolute atomic E-state index is 6.11. The molecule has 0 aliphatic heterocycles. The van der Waals surface area contributed by atoms with E-state index in [2.05, 4.69) is 229 Å². The number of fused-ring (bicyclic) bond motifs is 9. The Morgan fingerprint density at radius 2 is 0.859 bits per heavy atom. The zero-order chi connectivity index (χ0) is 42.2. The monoisotopic (exact) mass is 833 g/mol. The van der Waals surface area contributed by atoms with Crippen molar-refractivity contribution in [2.75, 3.05) is 4.90 Å². The molecule has 2 aromatic heterocycles. The predicted molar refractivity (Wildman–Crippen MR) is 269 cm³/mol. The topological polar surface area (TPSA) is 16.4 Å². The number of benzene rings is 10. The van der Waals surface area contributed by atoms with E-state index in [4.69, 9.17) is 4.42 Å². The molecule has 0 saturated heterocycles. The van der Waals surface area contributed by atoms with E-state index < -0.39 is 5.41 Å². The summed E-state index contributed by atoms with van der Waals surface area (Å²) < 4.78 is 8.70. The number of anilines is 3. The van der Waals surface area contributed by atoms with Gasteiger partial charge in [-0.2, -0.15) is 0 Å². The van der Waals surface area contributed by atoms with Gasteiger partial charge in [0.1, 0.15) is 11.2 Å². The fraction of sp³-hybridized carbons (Fsp3) is 0.0164. The van der Waals surface area contributed by atoms with Gasteiger partial charge in [0.25, 0.3) is 0 Å². The van der Waals surface area contributed by atoms with Crippen molar-refractivity contribution >= 4 is 70.5 Å². The fourth-order valence-electron chi connectivity index (χ4n) is 10.4. The van der Waals surface area contributed by atoms with Crippen molar-refractivity contribution in [3.05, 3.63) is 259 Å². The number of thiophene rings is 1. The second-order valence-corrected chi connectivity index (χ2v) is 17.9. The molecule has 0 saturated carbocycles. The minimum absolute atomic E-state index is 0.454. The average Bonchev–Trinajstić information content (AvgIpc) is 4.03. The van der Waals surface area contributed by atoms with Crippen LogP contribution in [0.3, 0.4) is 0 Å². The van der Waals surface area contributed by atoms with Gasteiger partial charge in [0.2, 0.25) is 0 Å². The van der Waals surface area contributed by atoms with Gasteiger partial charge in [0, 0.05) is 48.0 Å². The zero-order valence-electron chi connectivity index (χ0n) is 34.8. The first-order chi connectivity index (χ1) is 31.7. The summed E-state index contributed by atoms with van der Waals surface area (Å²) in [6.07, 6.45) is 0. The summed E-state index contributed by atoms with van der Waals surface area (Å²) in [5.41, 5.74) is 17.1. The third-order valence-corrected chi connectivity index (χ3v) is 14.5. The molecule has 0 N–H and O–H groups in total. The lowest BCUT2D eigenvalue weighted by Gasteiger charge is -2.34. The first-order valence-electron chi connectivity index (χ1n) is 21.9. The molecule has 0 radical (unpaired) electrons. The molecule has 64 heavy (non-hydrogen) atoms. The second-order valence-electron chi connectivity index (χ2n) is 16.8. The summed E-state index contributed by atoms with van der Waals surface area (Å²) in [4.78, 5) is 2.43. The van der Waals surface area contributed by atoms with Gasteiger partial charge in [-0.15, -0.1) is 11.3 Å². The van der Waals surface area contributed by atoms with Crippen LogP contribution >= 0.6 is 11.3 Å². The van der Waals surface area contributed by atoms with E-state index >= 15 is 0 Å². The van der Waals surface area contributed by atoms with Gasteiger partial charge in [-0.05, 0) is 122 Å². The summed E-state index contributed by atoms with van der Waals surface area (Å²) in [6.45, 7) is 0. The van der Waals surface area contributed by atoms with Crippen LogP contribution in [-0.2, 0) is 5.41 Å². The molecule has 10 aromatic carbocycles. The molecule has 3 heteroatoms. The van der Waals surface area contributed by atoms with Crippen LogP contribution in [0.5, 0.6) is 0 Å². The van der Waals surface area contributed by atoms with Crippen molar-refractivity contribution in [3.63, 3.8) is 0 Å². The van der Waals surface area contributed by atoms with Gasteiger partial charge in [-0.3, -0.25) is 0 Å². The maximum atomic E-state index is 6.11. The molecule has 1 aliphatic carbocycles. The summed E-state index contributed by atoms with van der Waals surface area (Å²) >= 11 is 1.86. The Kier molecular flexibility index (Phi) is 8.34. The molecule has 0 spiro atoms. The van der Waals surface area contributed by atoms with Crippen molar-refractivity contribution in [2.24, 2.45) is 0 Å². The van der Waals surface area contributed by atoms with Crippen molar-refractivity contribution in [3.8, 4) is 33.4 Å². The number of para-hydroxylation sites is 1. The second kappa shape index (κ2) is 14.6. The molecule has 1 aliphatic rings. The van der Waals surface area contributed by atoms with E-state index in [1.807, 2.05) is 23.5 Å². The van der Waals surface area contributed by atoms with E-state index in [1.54, 1.807) is 0 Å². The first kappa shape index (κ1) is 36.7. The lowest BCUT2D eigenvalue weighted by Crippen LogP contribution is -2.28. The maximum Gasteiger partial charge on any atom is 0.135 e. The number of nitrogens with zero attached hydrogens (tertiary/aromatic N) is 1. The molecular weight excluding hydrogens is 795 g/mol. The molecule has 2 heterocycles. The molecular formula is C61H39NOS. The van der Waals surface area contributed by atoms with E-state index in [9.17, 15) is 0 Å². The highest BCUT2D eigenvalue weighted by Crippen LogP contribution is 2.57. The number of hydrogen-bond acceptors (Lipinski definition) is 3. The van der Waals surface area contributed by atoms with Crippen LogP contribution in [0.25, 0.3) is 75.5 Å². The summed E-state index contributed by atoms with van der Waals surface area (Å²) in [5.74, 6) is 0. The molecule has 0 unspecified atom stereocenters. The van der Waals surface area contributed by atoms with Gasteiger partial charge in [0.15, 0.2) is 0 Å². The molecule has 12 aromatic rings. The Hall–Kier alpha value is -7.98. The van der Waals surface area contributed by atoms with Crippen molar-refractivity contribution < 1.29 is 4.42 Å². The van der Waals surface area contributed by atoms with Crippen LogP contribution in [0.1, 0.15) is 22.3 Å². The summed E-state index contributed by atoms with van der Waals surface area (Å²) in [5, 5.41) is 4.85. The van der Waals surface area contributed by atoms with E-state index in [1.165, 1.54) is 75.8 Å². The van der Waals surface area contributed by atoms with Gasteiger partial charge >= 0.3 is 0 Å². The fourth-order valence-corrected chi connectivity index (χ4v) is 11.5. The Labute approximate surface area is 375 Å². The SMILES string of the molecule is c1ccc(C2(c3ccccc3)c3ccccc3-c3cc(N(c4ccc(-c5ccc(-c6ccc7oc8ccccc8c7c6)cc5)cc4)c4ccc5sc6ccccc6c5c4)ccc32)cc1. The molecule has 0 amide bonds. The average molecular weight is 834 g/mol.